The molecular formula is C11H20N6O2. The fourth-order valence-corrected chi connectivity index (χ4v) is 1.53. The van der Waals surface area contributed by atoms with Crippen molar-refractivity contribution in [2.75, 3.05) is 32.9 Å². The Balaban J connectivity index is 2.46. The van der Waals surface area contributed by atoms with E-state index in [-0.39, 0.29) is 11.9 Å². The fraction of sp³-hybridized carbons (Fsp3) is 0.545. The summed E-state index contributed by atoms with van der Waals surface area (Å²) in [6.45, 7) is 2.41. The van der Waals surface area contributed by atoms with Gasteiger partial charge in [-0.25, -0.2) is 4.79 Å². The van der Waals surface area contributed by atoms with Crippen molar-refractivity contribution in [3.63, 3.8) is 0 Å². The van der Waals surface area contributed by atoms with Gasteiger partial charge in [0.05, 0.1) is 11.4 Å². The van der Waals surface area contributed by atoms with Crippen molar-refractivity contribution in [3.05, 3.63) is 11.4 Å². The molecule has 0 spiro atoms. The Morgan fingerprint density at radius 1 is 1.32 bits per heavy atom. The van der Waals surface area contributed by atoms with Gasteiger partial charge in [0.15, 0.2) is 0 Å². The van der Waals surface area contributed by atoms with E-state index >= 15 is 0 Å². The van der Waals surface area contributed by atoms with Crippen molar-refractivity contribution < 1.29 is 9.59 Å². The Hall–Kier alpha value is -2.25. The van der Waals surface area contributed by atoms with Gasteiger partial charge in [0.2, 0.25) is 0 Å². The first kappa shape index (κ1) is 14.8. The van der Waals surface area contributed by atoms with Gasteiger partial charge in [-0.2, -0.15) is 5.10 Å². The Bertz CT molecular complexity index is 480. The first-order valence-corrected chi connectivity index (χ1v) is 5.87. The van der Waals surface area contributed by atoms with Crippen molar-refractivity contribution in [1.29, 1.82) is 0 Å². The first-order valence-electron chi connectivity index (χ1n) is 5.87. The zero-order valence-corrected chi connectivity index (χ0v) is 11.6. The third-order valence-electron chi connectivity index (χ3n) is 2.58. The van der Waals surface area contributed by atoms with Crippen LogP contribution in [0.2, 0.25) is 0 Å². The van der Waals surface area contributed by atoms with Gasteiger partial charge >= 0.3 is 6.03 Å². The van der Waals surface area contributed by atoms with E-state index in [0.29, 0.717) is 30.2 Å². The number of aryl methyl sites for hydroxylation is 2. The quantitative estimate of drug-likeness (QED) is 0.629. The molecule has 0 fully saturated rings. The lowest BCUT2D eigenvalue weighted by molar-refractivity contribution is 0.0945. The standard InChI is InChI=1S/C11H20N6O2/c1-7-8(12)9(17(4)15-7)10(18)13-5-6-14-11(19)16(2)3/h5-6,12H2,1-4H3,(H,13,18)(H,14,19). The van der Waals surface area contributed by atoms with Crippen LogP contribution in [0.25, 0.3) is 0 Å². The van der Waals surface area contributed by atoms with E-state index in [1.165, 1.54) is 9.58 Å². The smallest absolute Gasteiger partial charge is 0.316 e. The summed E-state index contributed by atoms with van der Waals surface area (Å²) in [4.78, 5) is 24.6. The molecule has 1 aromatic heterocycles. The van der Waals surface area contributed by atoms with Crippen molar-refractivity contribution in [2.45, 2.75) is 6.92 Å². The SMILES string of the molecule is Cc1nn(C)c(C(=O)NCCNC(=O)N(C)C)c1N. The number of nitrogens with one attached hydrogen (secondary N) is 2. The summed E-state index contributed by atoms with van der Waals surface area (Å²) in [7, 11) is 4.95. The van der Waals surface area contributed by atoms with Crippen molar-refractivity contribution in [2.24, 2.45) is 7.05 Å². The van der Waals surface area contributed by atoms with Crippen LogP contribution in [-0.4, -0.2) is 53.8 Å². The molecule has 1 heterocycles. The number of nitrogens with zero attached hydrogens (tertiary/aromatic N) is 3. The zero-order valence-electron chi connectivity index (χ0n) is 11.6. The lowest BCUT2D eigenvalue weighted by atomic mass is 10.3. The average Bonchev–Trinajstić information content (AvgIpc) is 2.58. The molecule has 8 heteroatoms. The van der Waals surface area contributed by atoms with Gasteiger partial charge in [-0.1, -0.05) is 0 Å². The Labute approximate surface area is 111 Å². The first-order chi connectivity index (χ1) is 8.84. The van der Waals surface area contributed by atoms with E-state index in [2.05, 4.69) is 15.7 Å². The maximum Gasteiger partial charge on any atom is 0.316 e. The molecule has 1 aromatic rings. The molecule has 8 nitrogen and oxygen atoms in total. The van der Waals surface area contributed by atoms with Gasteiger partial charge < -0.3 is 21.3 Å². The minimum Gasteiger partial charge on any atom is -0.395 e. The summed E-state index contributed by atoms with van der Waals surface area (Å²) >= 11 is 0. The lowest BCUT2D eigenvalue weighted by Crippen LogP contribution is -2.40. The van der Waals surface area contributed by atoms with E-state index in [9.17, 15) is 9.59 Å². The number of hydrogen-bond acceptors (Lipinski definition) is 4. The summed E-state index contributed by atoms with van der Waals surface area (Å²) in [5.41, 5.74) is 7.10. The van der Waals surface area contributed by atoms with Crippen LogP contribution in [0.4, 0.5) is 10.5 Å². The lowest BCUT2D eigenvalue weighted by Gasteiger charge is -2.12. The number of anilines is 1. The Kier molecular flexibility index (Phi) is 4.74. The number of hydrogen-bond donors (Lipinski definition) is 3. The second kappa shape index (κ2) is 6.07. The van der Waals surface area contributed by atoms with E-state index in [0.717, 1.165) is 0 Å². The van der Waals surface area contributed by atoms with E-state index < -0.39 is 0 Å². The number of amides is 3. The van der Waals surface area contributed by atoms with Crippen LogP contribution < -0.4 is 16.4 Å². The number of carbonyl (C=O) groups is 2. The highest BCUT2D eigenvalue weighted by molar-refractivity contribution is 5.97. The van der Waals surface area contributed by atoms with Crippen LogP contribution in [0.3, 0.4) is 0 Å². The Morgan fingerprint density at radius 3 is 2.37 bits per heavy atom. The van der Waals surface area contributed by atoms with Gasteiger partial charge in [-0.3, -0.25) is 9.48 Å². The van der Waals surface area contributed by atoms with Crippen LogP contribution in [0.5, 0.6) is 0 Å². The highest BCUT2D eigenvalue weighted by Crippen LogP contribution is 2.14. The van der Waals surface area contributed by atoms with Gasteiger partial charge in [-0.15, -0.1) is 0 Å². The number of nitrogens with two attached hydrogens (primary N) is 1. The van der Waals surface area contributed by atoms with E-state index in [1.54, 1.807) is 28.1 Å². The molecule has 0 unspecified atom stereocenters. The van der Waals surface area contributed by atoms with Crippen LogP contribution in [0.1, 0.15) is 16.2 Å². The highest BCUT2D eigenvalue weighted by Gasteiger charge is 2.17. The molecule has 0 aromatic carbocycles. The molecule has 0 aliphatic rings. The normalized spacial score (nSPS) is 10.1. The molecule has 19 heavy (non-hydrogen) atoms. The molecule has 3 amide bonds. The highest BCUT2D eigenvalue weighted by atomic mass is 16.2. The van der Waals surface area contributed by atoms with Crippen molar-refractivity contribution >= 4 is 17.6 Å². The number of aromatic nitrogens is 2. The molecule has 0 saturated carbocycles. The number of carbonyl (C=O) groups excluding carboxylic acids is 2. The summed E-state index contributed by atoms with van der Waals surface area (Å²) < 4.78 is 1.44. The molecule has 106 valence electrons. The number of urea groups is 1. The van der Waals surface area contributed by atoms with Crippen molar-refractivity contribution in [1.82, 2.24) is 25.3 Å². The van der Waals surface area contributed by atoms with Crippen LogP contribution in [0, 0.1) is 6.92 Å². The van der Waals surface area contributed by atoms with Crippen LogP contribution >= 0.6 is 0 Å². The van der Waals surface area contributed by atoms with Crippen molar-refractivity contribution in [3.8, 4) is 0 Å². The minimum atomic E-state index is -0.306. The monoisotopic (exact) mass is 268 g/mol. The summed E-state index contributed by atoms with van der Waals surface area (Å²) in [5.74, 6) is -0.306. The topological polar surface area (TPSA) is 105 Å². The molecule has 0 aliphatic heterocycles. The molecule has 0 aliphatic carbocycles. The Morgan fingerprint density at radius 2 is 1.89 bits per heavy atom. The maximum absolute atomic E-state index is 11.9. The summed E-state index contributed by atoms with van der Waals surface area (Å²) in [5, 5.41) is 9.38. The molecule has 0 radical (unpaired) electrons. The minimum absolute atomic E-state index is 0.204. The predicted molar refractivity (Wildman–Crippen MR) is 71.8 cm³/mol. The predicted octanol–water partition coefficient (Wildman–Crippen LogP) is -0.688. The average molecular weight is 268 g/mol. The fourth-order valence-electron chi connectivity index (χ4n) is 1.53. The van der Waals surface area contributed by atoms with Gasteiger partial charge in [0.1, 0.15) is 5.69 Å². The molecule has 0 bridgehead atoms. The molecule has 0 saturated heterocycles. The second-order valence-corrected chi connectivity index (χ2v) is 4.35. The van der Waals surface area contributed by atoms with E-state index in [4.69, 9.17) is 5.73 Å². The second-order valence-electron chi connectivity index (χ2n) is 4.35. The molecular weight excluding hydrogens is 248 g/mol. The van der Waals surface area contributed by atoms with Crippen LogP contribution in [0.15, 0.2) is 0 Å². The summed E-state index contributed by atoms with van der Waals surface area (Å²) in [6.07, 6.45) is 0. The largest absolute Gasteiger partial charge is 0.395 e. The van der Waals surface area contributed by atoms with E-state index in [1.807, 2.05) is 0 Å². The maximum atomic E-state index is 11.9. The molecule has 4 N–H and O–H groups in total. The van der Waals surface area contributed by atoms with Gasteiger partial charge in [0, 0.05) is 34.2 Å². The zero-order chi connectivity index (χ0) is 14.6. The summed E-state index contributed by atoms with van der Waals surface area (Å²) in [6, 6.07) is -0.204. The molecule has 0 atom stereocenters. The number of nitrogen functional groups attached to an aromatic ring is 1. The van der Waals surface area contributed by atoms with Gasteiger partial charge in [-0.05, 0) is 6.92 Å². The van der Waals surface area contributed by atoms with Crippen LogP contribution in [-0.2, 0) is 7.05 Å². The number of rotatable bonds is 4. The molecule has 1 rings (SSSR count). The third kappa shape index (κ3) is 3.60. The van der Waals surface area contributed by atoms with Gasteiger partial charge in [0.25, 0.3) is 5.91 Å². The third-order valence-corrected chi connectivity index (χ3v) is 2.58.